The number of aryl methyl sites for hydroxylation is 1. The van der Waals surface area contributed by atoms with E-state index in [9.17, 15) is 14.0 Å². The SMILES string of the molecule is O=C(Cn1c(C2CC2)nc2c(c1=O)NC(c1ccc(F)cc1)CC2)NCc1cc2cnccc2[nH]1. The first kappa shape index (κ1) is 21.5. The highest BCUT2D eigenvalue weighted by Crippen LogP contribution is 2.40. The number of aromatic nitrogens is 4. The van der Waals surface area contributed by atoms with E-state index < -0.39 is 0 Å². The van der Waals surface area contributed by atoms with Gasteiger partial charge in [-0.2, -0.15) is 0 Å². The first-order valence-corrected chi connectivity index (χ1v) is 11.9. The number of amides is 1. The maximum absolute atomic E-state index is 13.5. The number of hydrogen-bond donors (Lipinski definition) is 3. The third kappa shape index (κ3) is 4.29. The van der Waals surface area contributed by atoms with E-state index in [1.165, 1.54) is 16.7 Å². The van der Waals surface area contributed by atoms with Crippen molar-refractivity contribution in [2.24, 2.45) is 0 Å². The molecule has 1 aromatic carbocycles. The van der Waals surface area contributed by atoms with Crippen LogP contribution < -0.4 is 16.2 Å². The van der Waals surface area contributed by atoms with Gasteiger partial charge in [0, 0.05) is 34.9 Å². The van der Waals surface area contributed by atoms with Gasteiger partial charge in [-0.05, 0) is 55.5 Å². The van der Waals surface area contributed by atoms with Crippen molar-refractivity contribution in [2.75, 3.05) is 5.32 Å². The number of carbonyl (C=O) groups excluding carboxylic acids is 1. The lowest BCUT2D eigenvalue weighted by molar-refractivity contribution is -0.121. The second-order valence-electron chi connectivity index (χ2n) is 9.28. The Labute approximate surface area is 200 Å². The molecule has 1 unspecified atom stereocenters. The van der Waals surface area contributed by atoms with Crippen molar-refractivity contribution in [3.05, 3.63) is 87.7 Å². The largest absolute Gasteiger partial charge is 0.372 e. The molecule has 1 atom stereocenters. The van der Waals surface area contributed by atoms with Crippen molar-refractivity contribution in [2.45, 2.75) is 50.7 Å². The molecule has 4 heterocycles. The van der Waals surface area contributed by atoms with Crippen molar-refractivity contribution in [1.82, 2.24) is 24.8 Å². The Morgan fingerprint density at radius 3 is 2.77 bits per heavy atom. The van der Waals surface area contributed by atoms with Gasteiger partial charge in [0.15, 0.2) is 0 Å². The number of nitrogens with zero attached hydrogens (tertiary/aromatic N) is 3. The monoisotopic (exact) mass is 472 g/mol. The molecule has 1 aliphatic heterocycles. The fourth-order valence-corrected chi connectivity index (χ4v) is 4.74. The number of carbonyl (C=O) groups is 1. The van der Waals surface area contributed by atoms with E-state index in [1.807, 2.05) is 12.1 Å². The van der Waals surface area contributed by atoms with E-state index in [2.05, 4.69) is 20.6 Å². The van der Waals surface area contributed by atoms with E-state index in [-0.39, 0.29) is 35.8 Å². The van der Waals surface area contributed by atoms with Crippen LogP contribution in [0.3, 0.4) is 0 Å². The normalized spacial score (nSPS) is 17.1. The molecule has 8 nitrogen and oxygen atoms in total. The molecule has 1 saturated carbocycles. The van der Waals surface area contributed by atoms with Crippen LogP contribution in [0.15, 0.2) is 53.6 Å². The van der Waals surface area contributed by atoms with Crippen LogP contribution in [0, 0.1) is 5.82 Å². The van der Waals surface area contributed by atoms with Gasteiger partial charge >= 0.3 is 0 Å². The number of halogens is 1. The minimum Gasteiger partial charge on any atom is -0.372 e. The molecule has 1 fully saturated rings. The van der Waals surface area contributed by atoms with Gasteiger partial charge in [-0.3, -0.25) is 19.1 Å². The lowest BCUT2D eigenvalue weighted by Crippen LogP contribution is -2.37. The van der Waals surface area contributed by atoms with E-state index in [0.717, 1.165) is 47.1 Å². The molecule has 0 saturated heterocycles. The third-order valence-corrected chi connectivity index (χ3v) is 6.73. The summed E-state index contributed by atoms with van der Waals surface area (Å²) >= 11 is 0. The van der Waals surface area contributed by atoms with Crippen molar-refractivity contribution in [3.63, 3.8) is 0 Å². The summed E-state index contributed by atoms with van der Waals surface area (Å²) in [4.78, 5) is 38.6. The number of fused-ring (bicyclic) bond motifs is 2. The molecule has 1 amide bonds. The maximum atomic E-state index is 13.5. The van der Waals surface area contributed by atoms with Crippen LogP contribution in [0.2, 0.25) is 0 Å². The summed E-state index contributed by atoms with van der Waals surface area (Å²) in [6.07, 6.45) is 6.85. The standard InChI is InChI=1S/C26H25FN6O2/c27-18-5-3-15(4-6-18)20-7-8-22-24(31-20)26(35)33(25(32-22)16-1-2-16)14-23(34)29-13-19-11-17-12-28-10-9-21(17)30-19/h3-6,9-12,16,20,30-31H,1-2,7-8,13-14H2,(H,29,34). The van der Waals surface area contributed by atoms with E-state index in [1.54, 1.807) is 24.5 Å². The zero-order valence-corrected chi connectivity index (χ0v) is 19.1. The summed E-state index contributed by atoms with van der Waals surface area (Å²) < 4.78 is 14.9. The van der Waals surface area contributed by atoms with Gasteiger partial charge < -0.3 is 15.6 Å². The van der Waals surface area contributed by atoms with Gasteiger partial charge in [0.05, 0.1) is 18.3 Å². The van der Waals surface area contributed by atoms with Crippen LogP contribution in [0.4, 0.5) is 10.1 Å². The maximum Gasteiger partial charge on any atom is 0.277 e. The zero-order chi connectivity index (χ0) is 23.9. The van der Waals surface area contributed by atoms with Crippen LogP contribution in [-0.2, 0) is 24.3 Å². The van der Waals surface area contributed by atoms with Gasteiger partial charge in [0.25, 0.3) is 5.56 Å². The van der Waals surface area contributed by atoms with Gasteiger partial charge in [-0.25, -0.2) is 9.37 Å². The average Bonchev–Trinajstić information content (AvgIpc) is 3.63. The van der Waals surface area contributed by atoms with E-state index >= 15 is 0 Å². The number of rotatable bonds is 6. The Kier molecular flexibility index (Phi) is 5.32. The molecule has 0 radical (unpaired) electrons. The van der Waals surface area contributed by atoms with Crippen molar-refractivity contribution < 1.29 is 9.18 Å². The molecule has 3 aromatic heterocycles. The number of anilines is 1. The minimum absolute atomic E-state index is 0.0877. The number of H-pyrrole nitrogens is 1. The Bertz CT molecular complexity index is 1440. The molecule has 2 aliphatic rings. The Morgan fingerprint density at radius 1 is 1.17 bits per heavy atom. The third-order valence-electron chi connectivity index (χ3n) is 6.73. The summed E-state index contributed by atoms with van der Waals surface area (Å²) in [7, 11) is 0. The summed E-state index contributed by atoms with van der Waals surface area (Å²) in [6, 6.07) is 10.0. The molecule has 4 aromatic rings. The molecule has 35 heavy (non-hydrogen) atoms. The number of aromatic amines is 1. The minimum atomic E-state index is -0.293. The van der Waals surface area contributed by atoms with Gasteiger partial charge in [0.1, 0.15) is 23.9 Å². The smallest absolute Gasteiger partial charge is 0.277 e. The van der Waals surface area contributed by atoms with Crippen molar-refractivity contribution in [1.29, 1.82) is 0 Å². The Hall–Kier alpha value is -4.01. The average molecular weight is 473 g/mol. The highest BCUT2D eigenvalue weighted by molar-refractivity contribution is 5.80. The van der Waals surface area contributed by atoms with Crippen LogP contribution in [-0.4, -0.2) is 25.4 Å². The number of nitrogens with one attached hydrogen (secondary N) is 3. The predicted molar refractivity (Wildman–Crippen MR) is 129 cm³/mol. The van der Waals surface area contributed by atoms with Crippen molar-refractivity contribution >= 4 is 22.5 Å². The summed E-state index contributed by atoms with van der Waals surface area (Å²) in [5, 5.41) is 7.20. The van der Waals surface area contributed by atoms with Crippen LogP contribution >= 0.6 is 0 Å². The fraction of sp³-hybridized carbons (Fsp3) is 0.308. The molecule has 0 bridgehead atoms. The molecular weight excluding hydrogens is 447 g/mol. The topological polar surface area (TPSA) is 105 Å². The van der Waals surface area contributed by atoms with E-state index in [4.69, 9.17) is 4.98 Å². The molecule has 6 rings (SSSR count). The van der Waals surface area contributed by atoms with Crippen LogP contribution in [0.1, 0.15) is 54.0 Å². The number of benzene rings is 1. The molecule has 1 aliphatic carbocycles. The van der Waals surface area contributed by atoms with Gasteiger partial charge in [-0.15, -0.1) is 0 Å². The second kappa shape index (κ2) is 8.65. The highest BCUT2D eigenvalue weighted by Gasteiger charge is 2.33. The predicted octanol–water partition coefficient (Wildman–Crippen LogP) is 3.55. The highest BCUT2D eigenvalue weighted by atomic mass is 19.1. The van der Waals surface area contributed by atoms with Crippen LogP contribution in [0.25, 0.3) is 10.9 Å². The Balaban J connectivity index is 1.23. The molecule has 3 N–H and O–H groups in total. The van der Waals surface area contributed by atoms with E-state index in [0.29, 0.717) is 24.5 Å². The lowest BCUT2D eigenvalue weighted by atomic mass is 9.96. The number of hydrogen-bond acceptors (Lipinski definition) is 5. The number of pyridine rings is 1. The fourth-order valence-electron chi connectivity index (χ4n) is 4.74. The van der Waals surface area contributed by atoms with Gasteiger partial charge in [-0.1, -0.05) is 12.1 Å². The summed E-state index contributed by atoms with van der Waals surface area (Å²) in [5.74, 6) is 0.371. The lowest BCUT2D eigenvalue weighted by Gasteiger charge is -2.27. The summed E-state index contributed by atoms with van der Waals surface area (Å²) in [6.45, 7) is 0.236. The molecule has 0 spiro atoms. The molecular formula is C26H25FN6O2. The molecule has 178 valence electrons. The Morgan fingerprint density at radius 2 is 2.00 bits per heavy atom. The zero-order valence-electron chi connectivity index (χ0n) is 19.1. The second-order valence-corrected chi connectivity index (χ2v) is 9.28. The summed E-state index contributed by atoms with van der Waals surface area (Å²) in [5.41, 5.74) is 3.70. The van der Waals surface area contributed by atoms with Crippen molar-refractivity contribution in [3.8, 4) is 0 Å². The first-order valence-electron chi connectivity index (χ1n) is 11.9. The quantitative estimate of drug-likeness (QED) is 0.398. The molecule has 9 heteroatoms. The van der Waals surface area contributed by atoms with Gasteiger partial charge in [0.2, 0.25) is 5.91 Å². The first-order chi connectivity index (χ1) is 17.0. The van der Waals surface area contributed by atoms with Crippen LogP contribution in [0.5, 0.6) is 0 Å².